The summed E-state index contributed by atoms with van der Waals surface area (Å²) in [5.74, 6) is 1.07. The van der Waals surface area contributed by atoms with Crippen LogP contribution >= 0.6 is 24.0 Å². The minimum atomic E-state index is 0. The number of nitrogens with zero attached hydrogens (tertiary/aromatic N) is 3. The lowest BCUT2D eigenvalue weighted by Crippen LogP contribution is -2.39. The topological polar surface area (TPSA) is 60.0 Å². The Labute approximate surface area is 198 Å². The minimum absolute atomic E-state index is 0. The van der Waals surface area contributed by atoms with E-state index in [1.807, 2.05) is 24.1 Å². The second-order valence-corrected chi connectivity index (χ2v) is 8.26. The van der Waals surface area contributed by atoms with Crippen molar-refractivity contribution in [3.8, 4) is 0 Å². The molecule has 0 spiro atoms. The molecule has 1 amide bonds. The van der Waals surface area contributed by atoms with Gasteiger partial charge in [0.05, 0.1) is 0 Å². The van der Waals surface area contributed by atoms with Crippen LogP contribution in [0, 0.1) is 0 Å². The number of nitrogens with one attached hydrogen (secondary N) is 2. The maximum absolute atomic E-state index is 11.9. The fourth-order valence-electron chi connectivity index (χ4n) is 4.26. The molecule has 3 rings (SSSR count). The van der Waals surface area contributed by atoms with Crippen LogP contribution in [0.5, 0.6) is 0 Å². The summed E-state index contributed by atoms with van der Waals surface area (Å²) in [4.78, 5) is 20.7. The van der Waals surface area contributed by atoms with Gasteiger partial charge in [-0.15, -0.1) is 24.0 Å². The van der Waals surface area contributed by atoms with Crippen LogP contribution in [0.4, 0.5) is 5.69 Å². The van der Waals surface area contributed by atoms with Gasteiger partial charge in [-0.1, -0.05) is 18.6 Å². The van der Waals surface area contributed by atoms with Crippen molar-refractivity contribution in [1.82, 2.24) is 15.5 Å². The van der Waals surface area contributed by atoms with E-state index in [1.54, 1.807) is 0 Å². The first kappa shape index (κ1) is 24.9. The molecule has 1 aromatic rings. The molecule has 0 aromatic heterocycles. The highest BCUT2D eigenvalue weighted by molar-refractivity contribution is 14.0. The zero-order chi connectivity index (χ0) is 20.5. The number of rotatable bonds is 8. The Morgan fingerprint density at radius 3 is 2.57 bits per heavy atom. The van der Waals surface area contributed by atoms with E-state index < -0.39 is 0 Å². The molecule has 1 aromatic carbocycles. The van der Waals surface area contributed by atoms with Gasteiger partial charge in [0, 0.05) is 44.8 Å². The molecule has 168 valence electrons. The molecule has 1 unspecified atom stereocenters. The third-order valence-electron chi connectivity index (χ3n) is 6.11. The summed E-state index contributed by atoms with van der Waals surface area (Å²) in [6.07, 6.45) is 8.11. The summed E-state index contributed by atoms with van der Waals surface area (Å²) in [5, 5.41) is 6.80. The summed E-state index contributed by atoms with van der Waals surface area (Å²) in [7, 11) is 1.81. The summed E-state index contributed by atoms with van der Waals surface area (Å²) >= 11 is 0. The van der Waals surface area contributed by atoms with Gasteiger partial charge in [0.25, 0.3) is 0 Å². The Kier molecular flexibility index (Phi) is 10.9. The smallest absolute Gasteiger partial charge is 0.227 e. The number of hydrogen-bond donors (Lipinski definition) is 2. The highest BCUT2D eigenvalue weighted by atomic mass is 127. The SMILES string of the molecule is CN=C(NCCCCN1CCCCC1C)NCc1ccc(N2CCCC2=O)cc1.I. The van der Waals surface area contributed by atoms with Crippen LogP contribution in [0.2, 0.25) is 0 Å². The molecule has 2 aliphatic heterocycles. The number of guanidine groups is 1. The predicted octanol–water partition coefficient (Wildman–Crippen LogP) is 3.75. The maximum Gasteiger partial charge on any atom is 0.227 e. The lowest BCUT2D eigenvalue weighted by molar-refractivity contribution is -0.117. The van der Waals surface area contributed by atoms with Gasteiger partial charge in [0.15, 0.2) is 5.96 Å². The zero-order valence-corrected chi connectivity index (χ0v) is 20.9. The standard InChI is InChI=1S/C23H37N5O.HI/c1-19-8-3-5-15-27(19)16-6-4-14-25-23(24-2)26-18-20-10-12-21(13-11-20)28-17-7-9-22(28)29;/h10-13,19H,3-9,14-18H2,1-2H3,(H2,24,25,26);1H. The van der Waals surface area contributed by atoms with E-state index in [0.717, 1.165) is 50.2 Å². The van der Waals surface area contributed by atoms with Gasteiger partial charge in [0.1, 0.15) is 0 Å². The van der Waals surface area contributed by atoms with Gasteiger partial charge >= 0.3 is 0 Å². The number of likely N-dealkylation sites (tertiary alicyclic amines) is 1. The molecule has 7 heteroatoms. The van der Waals surface area contributed by atoms with Crippen molar-refractivity contribution in [3.63, 3.8) is 0 Å². The second kappa shape index (κ2) is 13.1. The number of benzene rings is 1. The van der Waals surface area contributed by atoms with E-state index in [1.165, 1.54) is 44.3 Å². The highest BCUT2D eigenvalue weighted by Gasteiger charge is 2.21. The molecular formula is C23H38IN5O. The van der Waals surface area contributed by atoms with Crippen molar-refractivity contribution >= 4 is 41.5 Å². The molecule has 0 bridgehead atoms. The molecule has 1 atom stereocenters. The Hall–Kier alpha value is -1.35. The summed E-state index contributed by atoms with van der Waals surface area (Å²) < 4.78 is 0. The largest absolute Gasteiger partial charge is 0.356 e. The van der Waals surface area contributed by atoms with E-state index in [2.05, 4.69) is 39.6 Å². The summed E-state index contributed by atoms with van der Waals surface area (Å²) in [5.41, 5.74) is 2.18. The average molecular weight is 527 g/mol. The first-order valence-corrected chi connectivity index (χ1v) is 11.3. The van der Waals surface area contributed by atoms with Crippen LogP contribution in [-0.2, 0) is 11.3 Å². The zero-order valence-electron chi connectivity index (χ0n) is 18.5. The van der Waals surface area contributed by atoms with Crippen LogP contribution in [-0.4, -0.2) is 56.0 Å². The normalized spacial score (nSPS) is 20.2. The fourth-order valence-corrected chi connectivity index (χ4v) is 4.26. The number of aliphatic imine (C=N–C) groups is 1. The van der Waals surface area contributed by atoms with E-state index in [-0.39, 0.29) is 29.9 Å². The van der Waals surface area contributed by atoms with Crippen LogP contribution in [0.3, 0.4) is 0 Å². The first-order chi connectivity index (χ1) is 14.2. The molecule has 2 aliphatic rings. The van der Waals surface area contributed by atoms with Crippen molar-refractivity contribution in [1.29, 1.82) is 0 Å². The lowest BCUT2D eigenvalue weighted by Gasteiger charge is -2.33. The third kappa shape index (κ3) is 7.41. The van der Waals surface area contributed by atoms with Crippen molar-refractivity contribution in [2.75, 3.05) is 38.1 Å². The van der Waals surface area contributed by atoms with Crippen molar-refractivity contribution < 1.29 is 4.79 Å². The molecule has 30 heavy (non-hydrogen) atoms. The molecule has 2 fully saturated rings. The van der Waals surface area contributed by atoms with Crippen LogP contribution in [0.25, 0.3) is 0 Å². The van der Waals surface area contributed by atoms with Crippen molar-refractivity contribution in [2.45, 2.75) is 64.5 Å². The van der Waals surface area contributed by atoms with Crippen molar-refractivity contribution in [2.24, 2.45) is 4.99 Å². The van der Waals surface area contributed by atoms with Crippen LogP contribution in [0.15, 0.2) is 29.3 Å². The molecule has 0 aliphatic carbocycles. The molecular weight excluding hydrogens is 489 g/mol. The quantitative estimate of drug-likeness (QED) is 0.234. The molecule has 2 saturated heterocycles. The molecule has 6 nitrogen and oxygen atoms in total. The Morgan fingerprint density at radius 2 is 1.90 bits per heavy atom. The molecule has 2 heterocycles. The summed E-state index contributed by atoms with van der Waals surface area (Å²) in [6.45, 7) is 7.34. The van der Waals surface area contributed by atoms with Gasteiger partial charge in [0.2, 0.25) is 5.91 Å². The number of carbonyl (C=O) groups excluding carboxylic acids is 1. The van der Waals surface area contributed by atoms with Gasteiger partial charge in [-0.05, 0) is 69.8 Å². The second-order valence-electron chi connectivity index (χ2n) is 8.26. The van der Waals surface area contributed by atoms with E-state index in [0.29, 0.717) is 6.42 Å². The number of carbonyl (C=O) groups is 1. The number of hydrogen-bond acceptors (Lipinski definition) is 3. The number of piperidine rings is 1. The van der Waals surface area contributed by atoms with E-state index in [4.69, 9.17) is 0 Å². The minimum Gasteiger partial charge on any atom is -0.356 e. The molecule has 2 N–H and O–H groups in total. The van der Waals surface area contributed by atoms with Crippen LogP contribution < -0.4 is 15.5 Å². The maximum atomic E-state index is 11.9. The Bertz CT molecular complexity index is 679. The summed E-state index contributed by atoms with van der Waals surface area (Å²) in [6, 6.07) is 9.00. The third-order valence-corrected chi connectivity index (χ3v) is 6.11. The highest BCUT2D eigenvalue weighted by Crippen LogP contribution is 2.21. The van der Waals surface area contributed by atoms with Gasteiger partial charge in [-0.2, -0.15) is 0 Å². The van der Waals surface area contributed by atoms with Gasteiger partial charge < -0.3 is 20.4 Å². The monoisotopic (exact) mass is 527 g/mol. The average Bonchev–Trinajstić information content (AvgIpc) is 3.17. The van der Waals surface area contributed by atoms with E-state index >= 15 is 0 Å². The predicted molar refractivity (Wildman–Crippen MR) is 136 cm³/mol. The van der Waals surface area contributed by atoms with Gasteiger partial charge in [-0.3, -0.25) is 9.79 Å². The Balaban J connectivity index is 0.00000320. The number of halogens is 1. The van der Waals surface area contributed by atoms with Gasteiger partial charge in [-0.25, -0.2) is 0 Å². The molecule has 0 saturated carbocycles. The lowest BCUT2D eigenvalue weighted by atomic mass is 10.0. The Morgan fingerprint density at radius 1 is 1.10 bits per heavy atom. The van der Waals surface area contributed by atoms with Crippen molar-refractivity contribution in [3.05, 3.63) is 29.8 Å². The molecule has 0 radical (unpaired) electrons. The fraction of sp³-hybridized carbons (Fsp3) is 0.652. The van der Waals surface area contributed by atoms with E-state index in [9.17, 15) is 4.79 Å². The number of anilines is 1. The number of unbranched alkanes of at least 4 members (excludes halogenated alkanes) is 1. The first-order valence-electron chi connectivity index (χ1n) is 11.3. The number of amides is 1. The van der Waals surface area contributed by atoms with Crippen LogP contribution in [0.1, 0.15) is 57.4 Å².